The third-order valence-corrected chi connectivity index (χ3v) is 3.94. The SMILES string of the molecule is NCC1(c2ccc(C(F)(F)F)cn2)CCC(O)CC1. The van der Waals surface area contributed by atoms with Crippen molar-refractivity contribution in [2.75, 3.05) is 6.54 Å². The van der Waals surface area contributed by atoms with E-state index in [1.165, 1.54) is 6.07 Å². The summed E-state index contributed by atoms with van der Waals surface area (Å²) >= 11 is 0. The van der Waals surface area contributed by atoms with Crippen LogP contribution in [0.3, 0.4) is 0 Å². The van der Waals surface area contributed by atoms with Gasteiger partial charge in [-0.2, -0.15) is 13.2 Å². The Hall–Kier alpha value is -1.14. The van der Waals surface area contributed by atoms with E-state index in [1.54, 1.807) is 0 Å². The highest BCUT2D eigenvalue weighted by Gasteiger charge is 2.37. The highest BCUT2D eigenvalue weighted by atomic mass is 19.4. The third kappa shape index (κ3) is 2.90. The first-order chi connectivity index (χ1) is 8.87. The molecule has 1 saturated carbocycles. The van der Waals surface area contributed by atoms with Crippen molar-refractivity contribution in [2.45, 2.75) is 43.4 Å². The summed E-state index contributed by atoms with van der Waals surface area (Å²) in [6.07, 6.45) is -1.32. The molecule has 6 heteroatoms. The number of nitrogens with zero attached hydrogens (tertiary/aromatic N) is 1. The number of hydrogen-bond acceptors (Lipinski definition) is 3. The van der Waals surface area contributed by atoms with E-state index in [0.717, 1.165) is 12.3 Å². The van der Waals surface area contributed by atoms with E-state index < -0.39 is 17.2 Å². The molecule has 0 bridgehead atoms. The normalized spacial score (nSPS) is 28.4. The van der Waals surface area contributed by atoms with Crippen molar-refractivity contribution in [1.82, 2.24) is 4.98 Å². The molecule has 0 aliphatic heterocycles. The highest BCUT2D eigenvalue weighted by molar-refractivity contribution is 5.24. The summed E-state index contributed by atoms with van der Waals surface area (Å²) < 4.78 is 37.5. The van der Waals surface area contributed by atoms with Gasteiger partial charge in [0.2, 0.25) is 0 Å². The zero-order valence-corrected chi connectivity index (χ0v) is 10.5. The van der Waals surface area contributed by atoms with Crippen LogP contribution in [0.25, 0.3) is 0 Å². The summed E-state index contributed by atoms with van der Waals surface area (Å²) in [6.45, 7) is 0.331. The van der Waals surface area contributed by atoms with Gasteiger partial charge in [0.15, 0.2) is 0 Å². The number of halogens is 3. The minimum absolute atomic E-state index is 0.331. The van der Waals surface area contributed by atoms with Crippen molar-refractivity contribution < 1.29 is 18.3 Å². The van der Waals surface area contributed by atoms with Crippen molar-refractivity contribution in [3.05, 3.63) is 29.6 Å². The second-order valence-electron chi connectivity index (χ2n) is 5.15. The maximum atomic E-state index is 12.5. The first-order valence-corrected chi connectivity index (χ1v) is 6.29. The van der Waals surface area contributed by atoms with Crippen LogP contribution in [-0.4, -0.2) is 22.7 Å². The fourth-order valence-electron chi connectivity index (χ4n) is 2.60. The molecular formula is C13H17F3N2O. The van der Waals surface area contributed by atoms with Crippen LogP contribution in [0.4, 0.5) is 13.2 Å². The Kier molecular flexibility index (Phi) is 3.82. The molecule has 1 fully saturated rings. The first kappa shape index (κ1) is 14.3. The van der Waals surface area contributed by atoms with Crippen molar-refractivity contribution in [3.63, 3.8) is 0 Å². The molecule has 0 atom stereocenters. The molecule has 1 aromatic heterocycles. The minimum Gasteiger partial charge on any atom is -0.393 e. The van der Waals surface area contributed by atoms with Crippen LogP contribution in [-0.2, 0) is 11.6 Å². The van der Waals surface area contributed by atoms with E-state index in [-0.39, 0.29) is 6.10 Å². The van der Waals surface area contributed by atoms with Gasteiger partial charge >= 0.3 is 6.18 Å². The number of aliphatic hydroxyl groups excluding tert-OH is 1. The minimum atomic E-state index is -4.37. The maximum Gasteiger partial charge on any atom is 0.417 e. The first-order valence-electron chi connectivity index (χ1n) is 6.29. The Morgan fingerprint density at radius 3 is 2.37 bits per heavy atom. The quantitative estimate of drug-likeness (QED) is 0.869. The maximum absolute atomic E-state index is 12.5. The van der Waals surface area contributed by atoms with Gasteiger partial charge in [-0.1, -0.05) is 0 Å². The summed E-state index contributed by atoms with van der Waals surface area (Å²) in [4.78, 5) is 3.96. The molecule has 0 saturated heterocycles. The number of alkyl halides is 3. The summed E-state index contributed by atoms with van der Waals surface area (Å²) in [6, 6.07) is 2.46. The van der Waals surface area contributed by atoms with Crippen molar-refractivity contribution in [2.24, 2.45) is 5.73 Å². The summed E-state index contributed by atoms with van der Waals surface area (Å²) in [5.41, 5.74) is 5.24. The molecule has 0 radical (unpaired) electrons. The van der Waals surface area contributed by atoms with E-state index in [0.29, 0.717) is 37.9 Å². The largest absolute Gasteiger partial charge is 0.417 e. The molecule has 1 aromatic rings. The van der Waals surface area contributed by atoms with E-state index in [1.807, 2.05) is 0 Å². The second kappa shape index (κ2) is 5.09. The van der Waals surface area contributed by atoms with Crippen LogP contribution in [0.5, 0.6) is 0 Å². The van der Waals surface area contributed by atoms with E-state index in [2.05, 4.69) is 4.98 Å². The molecule has 1 aliphatic carbocycles. The number of nitrogens with two attached hydrogens (primary N) is 1. The predicted octanol–water partition coefficient (Wildman–Crippen LogP) is 2.23. The Bertz CT molecular complexity index is 423. The number of aliphatic hydroxyl groups is 1. The third-order valence-electron chi connectivity index (χ3n) is 3.94. The monoisotopic (exact) mass is 274 g/mol. The number of aromatic nitrogens is 1. The van der Waals surface area contributed by atoms with Crippen LogP contribution in [0.1, 0.15) is 36.9 Å². The van der Waals surface area contributed by atoms with Crippen LogP contribution < -0.4 is 5.73 Å². The predicted molar refractivity (Wildman–Crippen MR) is 64.4 cm³/mol. The molecule has 0 aromatic carbocycles. The highest BCUT2D eigenvalue weighted by Crippen LogP contribution is 2.38. The molecule has 0 spiro atoms. The molecule has 1 heterocycles. The number of rotatable bonds is 2. The van der Waals surface area contributed by atoms with Crippen molar-refractivity contribution in [1.29, 1.82) is 0 Å². The second-order valence-corrected chi connectivity index (χ2v) is 5.15. The van der Waals surface area contributed by atoms with Gasteiger partial charge < -0.3 is 10.8 Å². The Morgan fingerprint density at radius 2 is 1.95 bits per heavy atom. The van der Waals surface area contributed by atoms with Gasteiger partial charge in [0.05, 0.1) is 11.7 Å². The summed E-state index contributed by atoms with van der Waals surface area (Å²) in [5.74, 6) is 0. The number of hydrogen-bond donors (Lipinski definition) is 2. The molecule has 1 aliphatic rings. The fraction of sp³-hybridized carbons (Fsp3) is 0.615. The van der Waals surface area contributed by atoms with Gasteiger partial charge in [-0.3, -0.25) is 4.98 Å². The molecular weight excluding hydrogens is 257 g/mol. The Balaban J connectivity index is 2.25. The average molecular weight is 274 g/mol. The Labute approximate surface area is 109 Å². The smallest absolute Gasteiger partial charge is 0.393 e. The average Bonchev–Trinajstić information content (AvgIpc) is 2.39. The standard InChI is InChI=1S/C13H17F3N2O/c14-13(15,16)9-1-2-11(18-7-9)12(8-17)5-3-10(19)4-6-12/h1-2,7,10,19H,3-6,8,17H2. The lowest BCUT2D eigenvalue weighted by Crippen LogP contribution is -2.40. The molecule has 106 valence electrons. The van der Waals surface area contributed by atoms with E-state index in [4.69, 9.17) is 5.73 Å². The lowest BCUT2D eigenvalue weighted by Gasteiger charge is -2.37. The van der Waals surface area contributed by atoms with Gasteiger partial charge in [-0.05, 0) is 37.8 Å². The van der Waals surface area contributed by atoms with Crippen molar-refractivity contribution >= 4 is 0 Å². The van der Waals surface area contributed by atoms with Crippen LogP contribution in [0, 0.1) is 0 Å². The molecule has 0 amide bonds. The fourth-order valence-corrected chi connectivity index (χ4v) is 2.60. The molecule has 0 unspecified atom stereocenters. The zero-order chi connectivity index (χ0) is 14.1. The van der Waals surface area contributed by atoms with E-state index in [9.17, 15) is 18.3 Å². The van der Waals surface area contributed by atoms with Gasteiger partial charge in [0.25, 0.3) is 0 Å². The lowest BCUT2D eigenvalue weighted by molar-refractivity contribution is -0.137. The van der Waals surface area contributed by atoms with E-state index >= 15 is 0 Å². The number of pyridine rings is 1. The van der Waals surface area contributed by atoms with Gasteiger partial charge in [0.1, 0.15) is 0 Å². The Morgan fingerprint density at radius 1 is 1.32 bits per heavy atom. The molecule has 3 nitrogen and oxygen atoms in total. The van der Waals surface area contributed by atoms with Crippen LogP contribution in [0.2, 0.25) is 0 Å². The molecule has 2 rings (SSSR count). The topological polar surface area (TPSA) is 59.1 Å². The van der Waals surface area contributed by atoms with Crippen LogP contribution >= 0.6 is 0 Å². The molecule has 19 heavy (non-hydrogen) atoms. The van der Waals surface area contributed by atoms with Gasteiger partial charge in [-0.25, -0.2) is 0 Å². The lowest BCUT2D eigenvalue weighted by atomic mass is 9.71. The summed E-state index contributed by atoms with van der Waals surface area (Å²) in [7, 11) is 0. The van der Waals surface area contributed by atoms with Gasteiger partial charge in [-0.15, -0.1) is 0 Å². The van der Waals surface area contributed by atoms with Crippen LogP contribution in [0.15, 0.2) is 18.3 Å². The zero-order valence-electron chi connectivity index (χ0n) is 10.5. The van der Waals surface area contributed by atoms with Crippen molar-refractivity contribution in [3.8, 4) is 0 Å². The van der Waals surface area contributed by atoms with Gasteiger partial charge in [0, 0.05) is 23.9 Å². The molecule has 3 N–H and O–H groups in total. The summed E-state index contributed by atoms with van der Waals surface area (Å²) in [5, 5.41) is 9.52.